The van der Waals surface area contributed by atoms with Crippen molar-refractivity contribution in [2.45, 2.75) is 26.2 Å². The Morgan fingerprint density at radius 1 is 1.38 bits per heavy atom. The second kappa shape index (κ2) is 3.24. The zero-order valence-electron chi connectivity index (χ0n) is 8.59. The zero-order valence-corrected chi connectivity index (χ0v) is 8.59. The highest BCUT2D eigenvalue weighted by Gasteiger charge is 2.20. The van der Waals surface area contributed by atoms with Crippen molar-refractivity contribution in [3.8, 4) is 5.75 Å². The van der Waals surface area contributed by atoms with Gasteiger partial charge >= 0.3 is 0 Å². The van der Waals surface area contributed by atoms with Crippen LogP contribution in [0.1, 0.15) is 26.3 Å². The number of anilines is 1. The van der Waals surface area contributed by atoms with Crippen molar-refractivity contribution in [1.82, 2.24) is 4.98 Å². The largest absolute Gasteiger partial charge is 0.493 e. The van der Waals surface area contributed by atoms with E-state index in [-0.39, 0.29) is 5.41 Å². The quantitative estimate of drug-likeness (QED) is 0.718. The molecule has 2 N–H and O–H groups in total. The van der Waals surface area contributed by atoms with Crippen molar-refractivity contribution in [3.63, 3.8) is 0 Å². The van der Waals surface area contributed by atoms with E-state index in [0.717, 1.165) is 5.56 Å². The molecule has 0 aromatic carbocycles. The summed E-state index contributed by atoms with van der Waals surface area (Å²) in [5, 5.41) is 0. The molecule has 1 heterocycles. The average molecular weight is 180 g/mol. The van der Waals surface area contributed by atoms with E-state index in [0.29, 0.717) is 11.6 Å². The van der Waals surface area contributed by atoms with Crippen LogP contribution in [-0.2, 0) is 5.41 Å². The molecule has 3 heteroatoms. The van der Waals surface area contributed by atoms with E-state index < -0.39 is 0 Å². The average Bonchev–Trinajstić information content (AvgIpc) is 2.02. The van der Waals surface area contributed by atoms with E-state index >= 15 is 0 Å². The number of pyridine rings is 1. The highest BCUT2D eigenvalue weighted by atomic mass is 16.5. The molecule has 0 amide bonds. The van der Waals surface area contributed by atoms with Crippen molar-refractivity contribution >= 4 is 5.82 Å². The van der Waals surface area contributed by atoms with Crippen LogP contribution < -0.4 is 10.5 Å². The minimum atomic E-state index is 0.0302. The lowest BCUT2D eigenvalue weighted by molar-refractivity contribution is 0.398. The lowest BCUT2D eigenvalue weighted by Gasteiger charge is -2.22. The highest BCUT2D eigenvalue weighted by molar-refractivity contribution is 5.53. The molecule has 1 aromatic rings. The number of ether oxygens (including phenoxy) is 1. The fourth-order valence-electron chi connectivity index (χ4n) is 1.27. The Hall–Kier alpha value is -1.25. The summed E-state index contributed by atoms with van der Waals surface area (Å²) in [7, 11) is 1.61. The van der Waals surface area contributed by atoms with Gasteiger partial charge in [-0.1, -0.05) is 20.8 Å². The maximum atomic E-state index is 5.69. The van der Waals surface area contributed by atoms with Crippen LogP contribution in [-0.4, -0.2) is 12.1 Å². The highest BCUT2D eigenvalue weighted by Crippen LogP contribution is 2.33. The summed E-state index contributed by atoms with van der Waals surface area (Å²) in [6.07, 6.45) is 1.71. The van der Waals surface area contributed by atoms with E-state index in [4.69, 9.17) is 10.5 Å². The molecule has 13 heavy (non-hydrogen) atoms. The molecule has 0 radical (unpaired) electrons. The lowest BCUT2D eigenvalue weighted by Crippen LogP contribution is -2.14. The molecule has 0 fully saturated rings. The first-order valence-corrected chi connectivity index (χ1v) is 4.25. The molecule has 0 saturated heterocycles. The standard InChI is InChI=1S/C10H16N2O/c1-10(2,3)7-5-6-12-9(11)8(7)13-4/h5-6H,1-4H3,(H2,11,12). The van der Waals surface area contributed by atoms with E-state index in [1.165, 1.54) is 0 Å². The van der Waals surface area contributed by atoms with Crippen LogP contribution in [0.2, 0.25) is 0 Å². The minimum absolute atomic E-state index is 0.0302. The number of aromatic nitrogens is 1. The van der Waals surface area contributed by atoms with Crippen LogP contribution in [0, 0.1) is 0 Å². The summed E-state index contributed by atoms with van der Waals surface area (Å²) in [6, 6.07) is 1.94. The number of hydrogen-bond acceptors (Lipinski definition) is 3. The molecule has 1 aromatic heterocycles. The van der Waals surface area contributed by atoms with Crippen LogP contribution in [0.15, 0.2) is 12.3 Å². The van der Waals surface area contributed by atoms with Gasteiger partial charge in [-0.3, -0.25) is 0 Å². The third kappa shape index (κ3) is 1.91. The second-order valence-corrected chi connectivity index (χ2v) is 4.03. The third-order valence-corrected chi connectivity index (χ3v) is 1.94. The van der Waals surface area contributed by atoms with Gasteiger partial charge < -0.3 is 10.5 Å². The maximum Gasteiger partial charge on any atom is 0.166 e. The molecule has 0 aliphatic carbocycles. The number of rotatable bonds is 1. The smallest absolute Gasteiger partial charge is 0.166 e. The molecular weight excluding hydrogens is 164 g/mol. The minimum Gasteiger partial charge on any atom is -0.493 e. The summed E-state index contributed by atoms with van der Waals surface area (Å²) in [5.41, 5.74) is 6.81. The van der Waals surface area contributed by atoms with Gasteiger partial charge in [0.05, 0.1) is 7.11 Å². The number of nitrogens with zero attached hydrogens (tertiary/aromatic N) is 1. The number of hydrogen-bond donors (Lipinski definition) is 1. The van der Waals surface area contributed by atoms with Crippen molar-refractivity contribution in [1.29, 1.82) is 0 Å². The Balaban J connectivity index is 3.29. The van der Waals surface area contributed by atoms with E-state index in [2.05, 4.69) is 25.8 Å². The Labute approximate surface area is 78.9 Å². The van der Waals surface area contributed by atoms with Crippen LogP contribution in [0.3, 0.4) is 0 Å². The Morgan fingerprint density at radius 2 is 2.00 bits per heavy atom. The van der Waals surface area contributed by atoms with Gasteiger partial charge in [-0.05, 0) is 11.5 Å². The Morgan fingerprint density at radius 3 is 2.38 bits per heavy atom. The Bertz CT molecular complexity index is 302. The molecule has 0 spiro atoms. The first-order chi connectivity index (χ1) is 5.96. The molecule has 1 rings (SSSR count). The SMILES string of the molecule is COc1c(C(C)(C)C)ccnc1N. The summed E-state index contributed by atoms with van der Waals surface area (Å²) in [6.45, 7) is 6.35. The van der Waals surface area contributed by atoms with Gasteiger partial charge in [0.15, 0.2) is 11.6 Å². The summed E-state index contributed by atoms with van der Waals surface area (Å²) in [4.78, 5) is 3.98. The van der Waals surface area contributed by atoms with Crippen LogP contribution in [0.5, 0.6) is 5.75 Å². The number of nitrogen functional groups attached to an aromatic ring is 1. The molecule has 0 bridgehead atoms. The van der Waals surface area contributed by atoms with Crippen LogP contribution in [0.4, 0.5) is 5.82 Å². The predicted octanol–water partition coefficient (Wildman–Crippen LogP) is 1.97. The molecular formula is C10H16N2O. The molecule has 0 atom stereocenters. The molecule has 0 aliphatic rings. The topological polar surface area (TPSA) is 48.1 Å². The molecule has 72 valence electrons. The fourth-order valence-corrected chi connectivity index (χ4v) is 1.27. The van der Waals surface area contributed by atoms with Gasteiger partial charge in [0, 0.05) is 11.8 Å². The number of nitrogens with two attached hydrogens (primary N) is 1. The van der Waals surface area contributed by atoms with Gasteiger partial charge in [-0.25, -0.2) is 4.98 Å². The lowest BCUT2D eigenvalue weighted by atomic mass is 9.87. The van der Waals surface area contributed by atoms with Gasteiger partial charge in [-0.15, -0.1) is 0 Å². The number of methoxy groups -OCH3 is 1. The van der Waals surface area contributed by atoms with Crippen molar-refractivity contribution in [3.05, 3.63) is 17.8 Å². The van der Waals surface area contributed by atoms with Crippen molar-refractivity contribution < 1.29 is 4.74 Å². The summed E-state index contributed by atoms with van der Waals surface area (Å²) < 4.78 is 5.22. The van der Waals surface area contributed by atoms with Gasteiger partial charge in [-0.2, -0.15) is 0 Å². The molecule has 0 saturated carbocycles. The van der Waals surface area contributed by atoms with Gasteiger partial charge in [0.1, 0.15) is 0 Å². The van der Waals surface area contributed by atoms with E-state index in [9.17, 15) is 0 Å². The maximum absolute atomic E-state index is 5.69. The van der Waals surface area contributed by atoms with Gasteiger partial charge in [0.2, 0.25) is 0 Å². The first-order valence-electron chi connectivity index (χ1n) is 4.25. The van der Waals surface area contributed by atoms with E-state index in [1.54, 1.807) is 13.3 Å². The second-order valence-electron chi connectivity index (χ2n) is 4.03. The molecule has 0 aliphatic heterocycles. The van der Waals surface area contributed by atoms with Gasteiger partial charge in [0.25, 0.3) is 0 Å². The molecule has 3 nitrogen and oxygen atoms in total. The van der Waals surface area contributed by atoms with E-state index in [1.807, 2.05) is 6.07 Å². The van der Waals surface area contributed by atoms with Crippen molar-refractivity contribution in [2.75, 3.05) is 12.8 Å². The monoisotopic (exact) mass is 180 g/mol. The van der Waals surface area contributed by atoms with Crippen LogP contribution >= 0.6 is 0 Å². The zero-order chi connectivity index (χ0) is 10.1. The Kier molecular flexibility index (Phi) is 2.45. The first kappa shape index (κ1) is 9.84. The van der Waals surface area contributed by atoms with Crippen molar-refractivity contribution in [2.24, 2.45) is 0 Å². The fraction of sp³-hybridized carbons (Fsp3) is 0.500. The molecule has 0 unspecified atom stereocenters. The third-order valence-electron chi connectivity index (χ3n) is 1.94. The summed E-state index contributed by atoms with van der Waals surface area (Å²) in [5.74, 6) is 1.14. The normalized spacial score (nSPS) is 11.4. The van der Waals surface area contributed by atoms with Crippen LogP contribution in [0.25, 0.3) is 0 Å². The predicted molar refractivity (Wildman–Crippen MR) is 53.9 cm³/mol. The summed E-state index contributed by atoms with van der Waals surface area (Å²) >= 11 is 0.